The maximum absolute atomic E-state index is 13.0. The number of rotatable bonds is 8. The van der Waals surface area contributed by atoms with Crippen molar-refractivity contribution in [3.63, 3.8) is 0 Å². The van der Waals surface area contributed by atoms with Crippen LogP contribution in [0.5, 0.6) is 0 Å². The van der Waals surface area contributed by atoms with Crippen molar-refractivity contribution in [1.82, 2.24) is 5.43 Å². The number of hydrazone groups is 1. The highest BCUT2D eigenvalue weighted by Gasteiger charge is 2.36. The average Bonchev–Trinajstić information content (AvgIpc) is 3.13. The third kappa shape index (κ3) is 4.76. The Labute approximate surface area is 200 Å². The number of hydrogen-bond acceptors (Lipinski definition) is 6. The van der Waals surface area contributed by atoms with Gasteiger partial charge in [-0.1, -0.05) is 24.3 Å². The monoisotopic (exact) mass is 458 g/mol. The molecule has 176 valence electrons. The molecule has 2 aliphatic rings. The predicted molar refractivity (Wildman–Crippen MR) is 137 cm³/mol. The van der Waals surface area contributed by atoms with Crippen LogP contribution in [-0.2, 0) is 9.59 Å². The number of fused-ring (bicyclic) bond motifs is 1. The van der Waals surface area contributed by atoms with Gasteiger partial charge in [-0.05, 0) is 55.7 Å². The van der Waals surface area contributed by atoms with Crippen LogP contribution in [0.3, 0.4) is 0 Å². The van der Waals surface area contributed by atoms with Crippen LogP contribution in [0.4, 0.5) is 11.4 Å². The molecule has 2 amide bonds. The fourth-order valence-electron chi connectivity index (χ4n) is 4.36. The van der Waals surface area contributed by atoms with Crippen LogP contribution in [0, 0.1) is 0 Å². The predicted octanol–water partition coefficient (Wildman–Crippen LogP) is 3.70. The molecule has 0 saturated heterocycles. The van der Waals surface area contributed by atoms with Gasteiger partial charge in [-0.2, -0.15) is 15.3 Å². The summed E-state index contributed by atoms with van der Waals surface area (Å²) in [6, 6.07) is 14.0. The zero-order valence-corrected chi connectivity index (χ0v) is 19.9. The Kier molecular flexibility index (Phi) is 7.15. The van der Waals surface area contributed by atoms with Crippen LogP contribution in [0.25, 0.3) is 0 Å². The van der Waals surface area contributed by atoms with E-state index in [2.05, 4.69) is 51.6 Å². The average molecular weight is 459 g/mol. The number of carbonyl (C=O) groups is 2. The topological polar surface area (TPSA) is 89.7 Å². The fourth-order valence-corrected chi connectivity index (χ4v) is 4.36. The standard InChI is InChI=1S/C26H30N6O2/c1-4-31(5-2)20-10-7-18(8-11-20)16-27-28-17-22-21-12-9-19(23-13-14-25(33)30-29-23)15-24(21)32(6-3)26(22)34/h7-12,15-17,22H,4-6,13-14H2,1-3H3,(H,30,33)/b27-16+,28-17?. The molecule has 8 heteroatoms. The normalized spacial score (nSPS) is 17.9. The Hall–Kier alpha value is -3.81. The summed E-state index contributed by atoms with van der Waals surface area (Å²) in [7, 11) is 0. The molecule has 2 aliphatic heterocycles. The first-order valence-electron chi connectivity index (χ1n) is 11.8. The second-order valence-electron chi connectivity index (χ2n) is 8.20. The van der Waals surface area contributed by atoms with Crippen molar-refractivity contribution in [3.8, 4) is 0 Å². The van der Waals surface area contributed by atoms with Crippen molar-refractivity contribution >= 4 is 41.3 Å². The maximum Gasteiger partial charge on any atom is 0.240 e. The summed E-state index contributed by atoms with van der Waals surface area (Å²) in [4.78, 5) is 28.5. The minimum atomic E-state index is -0.473. The summed E-state index contributed by atoms with van der Waals surface area (Å²) in [6.45, 7) is 8.72. The highest BCUT2D eigenvalue weighted by molar-refractivity contribution is 6.15. The highest BCUT2D eigenvalue weighted by atomic mass is 16.2. The molecule has 4 rings (SSSR count). The molecule has 1 atom stereocenters. The molecule has 0 aliphatic carbocycles. The maximum atomic E-state index is 13.0. The molecule has 0 fully saturated rings. The zero-order chi connectivity index (χ0) is 24.1. The minimum absolute atomic E-state index is 0.0175. The Morgan fingerprint density at radius 1 is 1.06 bits per heavy atom. The van der Waals surface area contributed by atoms with Gasteiger partial charge in [-0.15, -0.1) is 0 Å². The van der Waals surface area contributed by atoms with Crippen molar-refractivity contribution in [3.05, 3.63) is 59.2 Å². The van der Waals surface area contributed by atoms with Gasteiger partial charge in [0.05, 0.1) is 11.9 Å². The van der Waals surface area contributed by atoms with Gasteiger partial charge in [0.15, 0.2) is 0 Å². The van der Waals surface area contributed by atoms with E-state index in [1.807, 2.05) is 37.3 Å². The van der Waals surface area contributed by atoms with E-state index in [1.54, 1.807) is 17.3 Å². The van der Waals surface area contributed by atoms with E-state index < -0.39 is 5.92 Å². The summed E-state index contributed by atoms with van der Waals surface area (Å²) in [6.07, 6.45) is 4.30. The number of benzene rings is 2. The van der Waals surface area contributed by atoms with Gasteiger partial charge in [-0.25, -0.2) is 5.43 Å². The van der Waals surface area contributed by atoms with Gasteiger partial charge >= 0.3 is 0 Å². The Morgan fingerprint density at radius 3 is 2.47 bits per heavy atom. The quantitative estimate of drug-likeness (QED) is 0.483. The second-order valence-corrected chi connectivity index (χ2v) is 8.20. The minimum Gasteiger partial charge on any atom is -0.372 e. The molecule has 8 nitrogen and oxygen atoms in total. The third-order valence-electron chi connectivity index (χ3n) is 6.25. The lowest BCUT2D eigenvalue weighted by Crippen LogP contribution is -2.29. The molecule has 0 radical (unpaired) electrons. The summed E-state index contributed by atoms with van der Waals surface area (Å²) in [5.74, 6) is -0.567. The van der Waals surface area contributed by atoms with Crippen LogP contribution in [0.1, 0.15) is 56.2 Å². The Bertz CT molecular complexity index is 1150. The van der Waals surface area contributed by atoms with Crippen molar-refractivity contribution in [2.45, 2.75) is 39.5 Å². The van der Waals surface area contributed by atoms with Crippen molar-refractivity contribution < 1.29 is 9.59 Å². The smallest absolute Gasteiger partial charge is 0.240 e. The van der Waals surface area contributed by atoms with Crippen LogP contribution in [0.2, 0.25) is 0 Å². The number of hydrogen-bond donors (Lipinski definition) is 1. The summed E-state index contributed by atoms with van der Waals surface area (Å²) < 4.78 is 0. The van der Waals surface area contributed by atoms with E-state index in [-0.39, 0.29) is 11.8 Å². The van der Waals surface area contributed by atoms with E-state index in [9.17, 15) is 9.59 Å². The lowest BCUT2D eigenvalue weighted by atomic mass is 9.97. The van der Waals surface area contributed by atoms with Crippen LogP contribution in [0.15, 0.2) is 57.8 Å². The van der Waals surface area contributed by atoms with E-state index in [0.717, 1.165) is 41.2 Å². The first-order valence-corrected chi connectivity index (χ1v) is 11.8. The number of likely N-dealkylation sites (N-methyl/N-ethyl adjacent to an activating group) is 1. The molecule has 0 aromatic heterocycles. The Balaban J connectivity index is 1.50. The van der Waals surface area contributed by atoms with Crippen LogP contribution < -0.4 is 15.2 Å². The number of anilines is 2. The molecule has 2 aromatic rings. The van der Waals surface area contributed by atoms with E-state index in [0.29, 0.717) is 19.4 Å². The van der Waals surface area contributed by atoms with Crippen LogP contribution in [-0.4, -0.2) is 49.6 Å². The van der Waals surface area contributed by atoms with Gasteiger partial charge < -0.3 is 9.80 Å². The van der Waals surface area contributed by atoms with E-state index >= 15 is 0 Å². The van der Waals surface area contributed by atoms with Gasteiger partial charge in [0.1, 0.15) is 5.92 Å². The zero-order valence-electron chi connectivity index (χ0n) is 19.9. The number of amides is 2. The second kappa shape index (κ2) is 10.4. The van der Waals surface area contributed by atoms with Crippen molar-refractivity contribution in [2.24, 2.45) is 15.3 Å². The number of carbonyl (C=O) groups excluding carboxylic acids is 2. The molecular formula is C26H30N6O2. The molecule has 2 aromatic carbocycles. The number of nitrogens with one attached hydrogen (secondary N) is 1. The van der Waals surface area contributed by atoms with E-state index in [4.69, 9.17) is 0 Å². The van der Waals surface area contributed by atoms with Crippen LogP contribution >= 0.6 is 0 Å². The molecule has 34 heavy (non-hydrogen) atoms. The third-order valence-corrected chi connectivity index (χ3v) is 6.25. The molecule has 0 spiro atoms. The van der Waals surface area contributed by atoms with Crippen molar-refractivity contribution in [1.29, 1.82) is 0 Å². The van der Waals surface area contributed by atoms with Gasteiger partial charge in [0.2, 0.25) is 11.8 Å². The molecule has 2 heterocycles. The molecule has 1 N–H and O–H groups in total. The largest absolute Gasteiger partial charge is 0.372 e. The SMILES string of the molecule is CCN(CC)c1ccc(/C=N/N=CC2C(=O)N(CC)c3cc(C4=NNC(=O)CC4)ccc32)cc1. The van der Waals surface area contributed by atoms with E-state index in [1.165, 1.54) is 5.69 Å². The highest BCUT2D eigenvalue weighted by Crippen LogP contribution is 2.37. The lowest BCUT2D eigenvalue weighted by molar-refractivity contribution is -0.121. The van der Waals surface area contributed by atoms with Crippen molar-refractivity contribution in [2.75, 3.05) is 29.4 Å². The first-order chi connectivity index (χ1) is 16.5. The Morgan fingerprint density at radius 2 is 1.82 bits per heavy atom. The summed E-state index contributed by atoms with van der Waals surface area (Å²) in [5.41, 5.74) is 8.15. The molecule has 0 bridgehead atoms. The van der Waals surface area contributed by atoms with Gasteiger partial charge in [0, 0.05) is 50.1 Å². The molecule has 1 unspecified atom stereocenters. The molecular weight excluding hydrogens is 428 g/mol. The summed E-state index contributed by atoms with van der Waals surface area (Å²) >= 11 is 0. The summed E-state index contributed by atoms with van der Waals surface area (Å²) in [5, 5.41) is 12.5. The lowest BCUT2D eigenvalue weighted by Gasteiger charge is -2.20. The van der Waals surface area contributed by atoms with Gasteiger partial charge in [-0.3, -0.25) is 9.59 Å². The number of nitrogens with zero attached hydrogens (tertiary/aromatic N) is 5. The fraction of sp³-hybridized carbons (Fsp3) is 0.346. The molecule has 0 saturated carbocycles. The first kappa shape index (κ1) is 23.4. The van der Waals surface area contributed by atoms with Gasteiger partial charge in [0.25, 0.3) is 0 Å².